The molecule has 8 rings (SSSR count). The Hall–Kier alpha value is -3.36. The SMILES string of the molecule is Oc1ccc(Br)cc1S.Oc1ccccc1S.Sc1ccccc1.Sc1ccccc1.Sc1ccccc1.Sc1ccccc1.Sc1ccccc1.Sc1ccccc1. The molecule has 0 saturated heterocycles. The third kappa shape index (κ3) is 32.1. The minimum absolute atomic E-state index is 0.210. The second-order valence-electron chi connectivity index (χ2n) is 11.1. The van der Waals surface area contributed by atoms with Crippen molar-refractivity contribution in [1.82, 2.24) is 0 Å². The maximum absolute atomic E-state index is 8.95. The summed E-state index contributed by atoms with van der Waals surface area (Å²) >= 11 is 35.7. The lowest BCUT2D eigenvalue weighted by Gasteiger charge is -1.95. The Morgan fingerprint density at radius 3 is 0.627 bits per heavy atom. The summed E-state index contributed by atoms with van der Waals surface area (Å²) < 4.78 is 0.922. The Bertz CT molecular complexity index is 1860. The van der Waals surface area contributed by atoms with Gasteiger partial charge in [-0.05, 0) is 103 Å². The molecule has 0 spiro atoms. The highest BCUT2D eigenvalue weighted by Gasteiger charge is 1.94. The van der Waals surface area contributed by atoms with E-state index in [4.69, 9.17) is 10.2 Å². The fourth-order valence-electron chi connectivity index (χ4n) is 3.53. The van der Waals surface area contributed by atoms with Crippen LogP contribution in [0.4, 0.5) is 0 Å². The summed E-state index contributed by atoms with van der Waals surface area (Å²) in [7, 11) is 0. The van der Waals surface area contributed by atoms with Crippen molar-refractivity contribution >= 4 is 117 Å². The van der Waals surface area contributed by atoms with Gasteiger partial charge in [0, 0.05) is 43.6 Å². The fraction of sp³-hybridized carbons (Fsp3) is 0. The van der Waals surface area contributed by atoms with Crippen LogP contribution in [0, 0.1) is 0 Å². The highest BCUT2D eigenvalue weighted by atomic mass is 79.9. The van der Waals surface area contributed by atoms with Crippen LogP contribution in [0.3, 0.4) is 0 Å². The first-order valence-electron chi connectivity index (χ1n) is 17.5. The predicted octanol–water partition coefficient (Wildman–Crippen LogP) is 16.0. The molecule has 59 heavy (non-hydrogen) atoms. The van der Waals surface area contributed by atoms with Gasteiger partial charge in [-0.1, -0.05) is 137 Å². The number of hydrogen-bond acceptors (Lipinski definition) is 10. The van der Waals surface area contributed by atoms with E-state index >= 15 is 0 Å². The number of hydrogen-bond donors (Lipinski definition) is 10. The molecule has 0 saturated carbocycles. The molecule has 0 amide bonds. The molecule has 2 nitrogen and oxygen atoms in total. The van der Waals surface area contributed by atoms with E-state index in [2.05, 4.69) is 117 Å². The van der Waals surface area contributed by atoms with E-state index in [0.29, 0.717) is 9.79 Å². The van der Waals surface area contributed by atoms with Crippen molar-refractivity contribution in [2.75, 3.05) is 0 Å². The highest BCUT2D eigenvalue weighted by molar-refractivity contribution is 9.10. The molecule has 0 radical (unpaired) electrons. The first-order valence-corrected chi connectivity index (χ1v) is 21.8. The monoisotopic (exact) mass is 990 g/mol. The van der Waals surface area contributed by atoms with E-state index in [1.807, 2.05) is 188 Å². The van der Waals surface area contributed by atoms with Crippen LogP contribution >= 0.6 is 117 Å². The molecule has 0 aliphatic carbocycles. The van der Waals surface area contributed by atoms with Gasteiger partial charge in [0.2, 0.25) is 0 Å². The lowest BCUT2D eigenvalue weighted by Crippen LogP contribution is -1.68. The van der Waals surface area contributed by atoms with Crippen LogP contribution in [0.2, 0.25) is 0 Å². The van der Waals surface area contributed by atoms with Crippen molar-refractivity contribution in [2.45, 2.75) is 39.2 Å². The first kappa shape index (κ1) is 53.7. The molecule has 0 atom stereocenters. The summed E-state index contributed by atoms with van der Waals surface area (Å²) in [6, 6.07) is 70.7. The van der Waals surface area contributed by atoms with E-state index in [0.717, 1.165) is 33.8 Å². The molecule has 0 unspecified atom stereocenters. The maximum Gasteiger partial charge on any atom is 0.128 e. The summed E-state index contributed by atoms with van der Waals surface area (Å²) in [6.45, 7) is 0. The number of para-hydroxylation sites is 1. The Morgan fingerprint density at radius 1 is 0.254 bits per heavy atom. The van der Waals surface area contributed by atoms with Crippen molar-refractivity contribution in [3.05, 3.63) is 229 Å². The average molecular weight is 992 g/mol. The standard InChI is InChI=1S/C6H5BrOS.C6H6OS.6C6H6S/c7-4-1-2-5(8)6(9)3-4;7-5-3-1-2-4-6(5)8;6*7-6-4-2-1-3-5-6/h1-3,8-9H;1-4,7-8H;6*1-5,7H. The van der Waals surface area contributed by atoms with E-state index in [1.54, 1.807) is 36.4 Å². The third-order valence-electron chi connectivity index (χ3n) is 6.36. The average Bonchev–Trinajstić information content (AvgIpc) is 3.24. The van der Waals surface area contributed by atoms with Crippen LogP contribution in [0.25, 0.3) is 0 Å². The van der Waals surface area contributed by atoms with Gasteiger partial charge in [-0.2, -0.15) is 0 Å². The molecular formula is C48H47BrO2S8. The van der Waals surface area contributed by atoms with Gasteiger partial charge < -0.3 is 10.2 Å². The van der Waals surface area contributed by atoms with Gasteiger partial charge >= 0.3 is 0 Å². The molecular weight excluding hydrogens is 945 g/mol. The molecule has 8 aromatic rings. The van der Waals surface area contributed by atoms with E-state index in [-0.39, 0.29) is 11.5 Å². The molecule has 11 heteroatoms. The Kier molecular flexibility index (Phi) is 32.2. The molecule has 8 aromatic carbocycles. The number of halogens is 1. The Balaban J connectivity index is 0.000000338. The number of thiol groups is 8. The largest absolute Gasteiger partial charge is 0.507 e. The molecule has 2 N–H and O–H groups in total. The highest BCUT2D eigenvalue weighted by Crippen LogP contribution is 2.24. The van der Waals surface area contributed by atoms with E-state index in [1.165, 1.54) is 0 Å². The van der Waals surface area contributed by atoms with Gasteiger partial charge in [-0.3, -0.25) is 0 Å². The van der Waals surface area contributed by atoms with Gasteiger partial charge in [0.1, 0.15) is 11.5 Å². The Labute approximate surface area is 403 Å². The Morgan fingerprint density at radius 2 is 0.475 bits per heavy atom. The van der Waals surface area contributed by atoms with Crippen molar-refractivity contribution in [3.63, 3.8) is 0 Å². The van der Waals surface area contributed by atoms with Crippen LogP contribution in [0.5, 0.6) is 11.5 Å². The molecule has 0 aliphatic rings. The summed E-state index contributed by atoms with van der Waals surface area (Å²) in [4.78, 5) is 7.30. The van der Waals surface area contributed by atoms with Crippen LogP contribution in [-0.2, 0) is 0 Å². The molecule has 0 bridgehead atoms. The van der Waals surface area contributed by atoms with Crippen LogP contribution in [0.15, 0.2) is 268 Å². The minimum atomic E-state index is 0.210. The zero-order chi connectivity index (χ0) is 43.5. The van der Waals surface area contributed by atoms with Gasteiger partial charge in [0.15, 0.2) is 0 Å². The second kappa shape index (κ2) is 35.4. The zero-order valence-electron chi connectivity index (χ0n) is 31.7. The summed E-state index contributed by atoms with van der Waals surface area (Å²) in [5.74, 6) is 0.442. The third-order valence-corrected chi connectivity index (χ3v) is 9.37. The summed E-state index contributed by atoms with van der Waals surface area (Å²) in [5.41, 5.74) is 0. The van der Waals surface area contributed by atoms with Crippen LogP contribution < -0.4 is 0 Å². The number of benzene rings is 8. The minimum Gasteiger partial charge on any atom is -0.507 e. The van der Waals surface area contributed by atoms with Crippen molar-refractivity contribution in [2.24, 2.45) is 0 Å². The maximum atomic E-state index is 8.95. The van der Waals surface area contributed by atoms with Gasteiger partial charge in [-0.15, -0.1) is 101 Å². The number of phenols is 2. The number of phenolic OH excluding ortho intramolecular Hbond substituents is 2. The molecule has 0 aromatic heterocycles. The van der Waals surface area contributed by atoms with Crippen LogP contribution in [0.1, 0.15) is 0 Å². The molecule has 306 valence electrons. The van der Waals surface area contributed by atoms with Crippen LogP contribution in [-0.4, -0.2) is 10.2 Å². The van der Waals surface area contributed by atoms with Gasteiger partial charge in [0.25, 0.3) is 0 Å². The lowest BCUT2D eigenvalue weighted by atomic mass is 10.3. The zero-order valence-corrected chi connectivity index (χ0v) is 40.5. The molecule has 0 heterocycles. The number of rotatable bonds is 0. The topological polar surface area (TPSA) is 40.5 Å². The normalized spacial score (nSPS) is 8.90. The second-order valence-corrected chi connectivity index (χ2v) is 16.1. The smallest absolute Gasteiger partial charge is 0.128 e. The van der Waals surface area contributed by atoms with E-state index < -0.39 is 0 Å². The fourth-order valence-corrected chi connectivity index (χ4v) is 5.47. The summed E-state index contributed by atoms with van der Waals surface area (Å²) in [6.07, 6.45) is 0. The molecule has 0 fully saturated rings. The first-order chi connectivity index (χ1) is 28.4. The van der Waals surface area contributed by atoms with Crippen molar-refractivity contribution in [3.8, 4) is 11.5 Å². The van der Waals surface area contributed by atoms with Gasteiger partial charge in [-0.25, -0.2) is 0 Å². The van der Waals surface area contributed by atoms with Crippen molar-refractivity contribution < 1.29 is 10.2 Å². The quantitative estimate of drug-likeness (QED) is 0.0704. The lowest BCUT2D eigenvalue weighted by molar-refractivity contribution is 0.462. The van der Waals surface area contributed by atoms with E-state index in [9.17, 15) is 0 Å². The summed E-state index contributed by atoms with van der Waals surface area (Å²) in [5, 5.41) is 17.8. The van der Waals surface area contributed by atoms with Gasteiger partial charge in [0.05, 0.1) is 0 Å². The number of aromatic hydroxyl groups is 2. The molecule has 0 aliphatic heterocycles. The predicted molar refractivity (Wildman–Crippen MR) is 281 cm³/mol. The van der Waals surface area contributed by atoms with Crippen molar-refractivity contribution in [1.29, 1.82) is 0 Å².